The summed E-state index contributed by atoms with van der Waals surface area (Å²) < 4.78 is 5.01. The molecule has 1 N–H and O–H groups in total. The summed E-state index contributed by atoms with van der Waals surface area (Å²) in [6.45, 7) is 3.33. The van der Waals surface area contributed by atoms with Crippen molar-refractivity contribution in [1.82, 2.24) is 0 Å². The van der Waals surface area contributed by atoms with Crippen molar-refractivity contribution in [2.45, 2.75) is 18.7 Å². The topological polar surface area (TPSA) is 79.2 Å². The molecular weight excluding hydrogens is 324 g/mol. The first-order chi connectivity index (χ1) is 11.5. The fourth-order valence-corrected chi connectivity index (χ4v) is 2.77. The van der Waals surface area contributed by atoms with Crippen LogP contribution in [0.3, 0.4) is 0 Å². The van der Waals surface area contributed by atoms with Gasteiger partial charge in [0.15, 0.2) is 6.61 Å². The maximum Gasteiger partial charge on any atom is 0.338 e. The van der Waals surface area contributed by atoms with Crippen LogP contribution in [0.15, 0.2) is 47.4 Å². The Morgan fingerprint density at radius 1 is 1.17 bits per heavy atom. The highest BCUT2D eigenvalue weighted by molar-refractivity contribution is 8.03. The lowest BCUT2D eigenvalue weighted by Crippen LogP contribution is -2.21. The van der Waals surface area contributed by atoms with Crippen molar-refractivity contribution in [3.05, 3.63) is 59.2 Å². The minimum Gasteiger partial charge on any atom is -0.452 e. The van der Waals surface area contributed by atoms with Gasteiger partial charge in [-0.25, -0.2) is 4.79 Å². The maximum absolute atomic E-state index is 12.0. The second-order valence-electron chi connectivity index (χ2n) is 5.12. The molecule has 122 valence electrons. The number of nitriles is 1. The standard InChI is InChI=1S/C18H16N2O3S/c1-12-8-15(24-11-19)9-13(2)17(12)20-16(21)10-23-18(22)14-6-4-3-5-7-14/h3-9H,10H2,1-2H3,(H,20,21). The van der Waals surface area contributed by atoms with Gasteiger partial charge in [-0.1, -0.05) is 18.2 Å². The summed E-state index contributed by atoms with van der Waals surface area (Å²) in [7, 11) is 0. The van der Waals surface area contributed by atoms with E-state index in [1.807, 2.05) is 31.4 Å². The quantitative estimate of drug-likeness (QED) is 0.510. The van der Waals surface area contributed by atoms with Crippen molar-refractivity contribution in [3.63, 3.8) is 0 Å². The molecule has 24 heavy (non-hydrogen) atoms. The summed E-state index contributed by atoms with van der Waals surface area (Å²) in [4.78, 5) is 24.7. The zero-order chi connectivity index (χ0) is 17.5. The van der Waals surface area contributed by atoms with Crippen molar-refractivity contribution in [1.29, 1.82) is 5.26 Å². The molecule has 0 bridgehead atoms. The highest BCUT2D eigenvalue weighted by Gasteiger charge is 2.12. The number of nitrogens with one attached hydrogen (secondary N) is 1. The maximum atomic E-state index is 12.0. The van der Waals surface area contributed by atoms with Gasteiger partial charge >= 0.3 is 5.97 Å². The molecule has 0 atom stereocenters. The van der Waals surface area contributed by atoms with E-state index in [0.29, 0.717) is 11.3 Å². The Morgan fingerprint density at radius 2 is 1.79 bits per heavy atom. The number of thiocyanates is 1. The van der Waals surface area contributed by atoms with Crippen LogP contribution >= 0.6 is 11.8 Å². The number of thioether (sulfide) groups is 1. The number of amides is 1. The number of carbonyl (C=O) groups excluding carboxylic acids is 2. The van der Waals surface area contributed by atoms with Gasteiger partial charge in [0.1, 0.15) is 5.40 Å². The van der Waals surface area contributed by atoms with Crippen LogP contribution in [-0.2, 0) is 9.53 Å². The van der Waals surface area contributed by atoms with Gasteiger partial charge in [-0.15, -0.1) is 0 Å². The van der Waals surface area contributed by atoms with Crippen LogP contribution in [0.4, 0.5) is 5.69 Å². The average Bonchev–Trinajstić information content (AvgIpc) is 2.57. The molecule has 5 nitrogen and oxygen atoms in total. The van der Waals surface area contributed by atoms with Crippen molar-refractivity contribution in [2.24, 2.45) is 0 Å². The number of rotatable bonds is 5. The molecule has 0 spiro atoms. The van der Waals surface area contributed by atoms with E-state index < -0.39 is 11.9 Å². The third-order valence-corrected chi connectivity index (χ3v) is 3.84. The summed E-state index contributed by atoms with van der Waals surface area (Å²) >= 11 is 1.07. The highest BCUT2D eigenvalue weighted by atomic mass is 32.2. The number of nitrogens with zero attached hydrogens (tertiary/aromatic N) is 1. The van der Waals surface area contributed by atoms with E-state index in [2.05, 4.69) is 5.32 Å². The molecule has 0 aliphatic rings. The Bertz CT molecular complexity index is 775. The second-order valence-corrected chi connectivity index (χ2v) is 5.97. The van der Waals surface area contributed by atoms with E-state index in [9.17, 15) is 9.59 Å². The first-order valence-corrected chi connectivity index (χ1v) is 8.02. The Kier molecular flexibility index (Phi) is 5.99. The first-order valence-electron chi connectivity index (χ1n) is 7.20. The molecule has 0 aromatic heterocycles. The summed E-state index contributed by atoms with van der Waals surface area (Å²) in [6.07, 6.45) is 0. The Labute approximate surface area is 144 Å². The van der Waals surface area contributed by atoms with E-state index in [-0.39, 0.29) is 6.61 Å². The molecule has 0 unspecified atom stereocenters. The molecule has 0 fully saturated rings. The summed E-state index contributed by atoms with van der Waals surface area (Å²) in [5.74, 6) is -0.953. The smallest absolute Gasteiger partial charge is 0.338 e. The number of esters is 1. The highest BCUT2D eigenvalue weighted by Crippen LogP contribution is 2.27. The van der Waals surface area contributed by atoms with Gasteiger partial charge in [0.2, 0.25) is 0 Å². The molecule has 0 aliphatic carbocycles. The van der Waals surface area contributed by atoms with Crippen LogP contribution in [0.25, 0.3) is 0 Å². The van der Waals surface area contributed by atoms with Crippen molar-refractivity contribution in [2.75, 3.05) is 11.9 Å². The first kappa shape index (κ1) is 17.6. The number of anilines is 1. The van der Waals surface area contributed by atoms with E-state index >= 15 is 0 Å². The number of hydrogen-bond acceptors (Lipinski definition) is 5. The Hall–Kier alpha value is -2.78. The normalized spacial score (nSPS) is 9.88. The second kappa shape index (κ2) is 8.18. The molecule has 0 saturated carbocycles. The average molecular weight is 340 g/mol. The number of hydrogen-bond donors (Lipinski definition) is 1. The summed E-state index contributed by atoms with van der Waals surface area (Å²) in [5.41, 5.74) is 2.75. The van der Waals surface area contributed by atoms with Crippen LogP contribution in [0.1, 0.15) is 21.5 Å². The van der Waals surface area contributed by atoms with E-state index in [1.165, 1.54) is 0 Å². The van der Waals surface area contributed by atoms with Crippen LogP contribution in [-0.4, -0.2) is 18.5 Å². The van der Waals surface area contributed by atoms with Crippen molar-refractivity contribution < 1.29 is 14.3 Å². The Balaban J connectivity index is 1.98. The third-order valence-electron chi connectivity index (χ3n) is 3.28. The number of benzene rings is 2. The summed E-state index contributed by atoms with van der Waals surface area (Å²) in [6, 6.07) is 12.1. The lowest BCUT2D eigenvalue weighted by atomic mass is 10.1. The molecule has 2 aromatic rings. The van der Waals surface area contributed by atoms with E-state index in [0.717, 1.165) is 27.8 Å². The molecule has 2 rings (SSSR count). The van der Waals surface area contributed by atoms with Crippen LogP contribution in [0.5, 0.6) is 0 Å². The molecule has 0 aliphatic heterocycles. The Morgan fingerprint density at radius 3 is 2.38 bits per heavy atom. The molecule has 6 heteroatoms. The van der Waals surface area contributed by atoms with Crippen LogP contribution in [0.2, 0.25) is 0 Å². The zero-order valence-corrected chi connectivity index (χ0v) is 14.1. The minimum atomic E-state index is -0.542. The SMILES string of the molecule is Cc1cc(SC#N)cc(C)c1NC(=O)COC(=O)c1ccccc1. The number of carbonyl (C=O) groups is 2. The largest absolute Gasteiger partial charge is 0.452 e. The van der Waals surface area contributed by atoms with Gasteiger partial charge in [-0.3, -0.25) is 4.79 Å². The van der Waals surface area contributed by atoms with Gasteiger partial charge in [0, 0.05) is 10.6 Å². The van der Waals surface area contributed by atoms with Crippen molar-refractivity contribution in [3.8, 4) is 5.40 Å². The molecule has 0 radical (unpaired) electrons. The lowest BCUT2D eigenvalue weighted by molar-refractivity contribution is -0.119. The molecule has 2 aromatic carbocycles. The third kappa shape index (κ3) is 4.61. The van der Waals surface area contributed by atoms with E-state index in [1.54, 1.807) is 30.3 Å². The van der Waals surface area contributed by atoms with Gasteiger partial charge in [-0.05, 0) is 61.0 Å². The fraction of sp³-hybridized carbons (Fsp3) is 0.167. The molecule has 1 amide bonds. The van der Waals surface area contributed by atoms with Crippen molar-refractivity contribution >= 4 is 29.3 Å². The van der Waals surface area contributed by atoms with Crippen LogP contribution in [0, 0.1) is 24.5 Å². The fourth-order valence-electron chi connectivity index (χ4n) is 2.20. The van der Waals surface area contributed by atoms with Crippen LogP contribution < -0.4 is 5.32 Å². The predicted molar refractivity (Wildman–Crippen MR) is 92.7 cm³/mol. The van der Waals surface area contributed by atoms with Gasteiger partial charge < -0.3 is 10.1 Å². The predicted octanol–water partition coefficient (Wildman–Crippen LogP) is 3.67. The van der Waals surface area contributed by atoms with E-state index in [4.69, 9.17) is 10.00 Å². The van der Waals surface area contributed by atoms with Gasteiger partial charge in [-0.2, -0.15) is 5.26 Å². The molecule has 0 heterocycles. The monoisotopic (exact) mass is 340 g/mol. The summed E-state index contributed by atoms with van der Waals surface area (Å²) in [5, 5.41) is 13.5. The lowest BCUT2D eigenvalue weighted by Gasteiger charge is -2.13. The molecule has 0 saturated heterocycles. The van der Waals surface area contributed by atoms with Gasteiger partial charge in [0.25, 0.3) is 5.91 Å². The number of ether oxygens (including phenoxy) is 1. The zero-order valence-electron chi connectivity index (χ0n) is 13.3. The van der Waals surface area contributed by atoms with Gasteiger partial charge in [0.05, 0.1) is 5.56 Å². The molecular formula is C18H16N2O3S. The number of aryl methyl sites for hydroxylation is 2. The minimum absolute atomic E-state index is 0.360.